The van der Waals surface area contributed by atoms with Crippen molar-refractivity contribution in [2.45, 2.75) is 37.3 Å². The van der Waals surface area contributed by atoms with Gasteiger partial charge in [0.2, 0.25) is 0 Å². The van der Waals surface area contributed by atoms with Crippen LogP contribution in [0.2, 0.25) is 0 Å². The van der Waals surface area contributed by atoms with E-state index >= 15 is 0 Å². The van der Waals surface area contributed by atoms with Gasteiger partial charge in [-0.25, -0.2) is 0 Å². The highest BCUT2D eigenvalue weighted by atomic mass is 15.2. The predicted molar refractivity (Wildman–Crippen MR) is 80.1 cm³/mol. The monoisotopic (exact) mass is 269 g/mol. The van der Waals surface area contributed by atoms with Crippen molar-refractivity contribution in [1.29, 1.82) is 5.26 Å². The third-order valence-electron chi connectivity index (χ3n) is 5.18. The maximum Gasteiger partial charge on any atom is 0.133 e. The molecule has 3 nitrogen and oxygen atoms in total. The zero-order valence-corrected chi connectivity index (χ0v) is 12.2. The summed E-state index contributed by atoms with van der Waals surface area (Å²) in [6, 6.07) is 13.4. The van der Waals surface area contributed by atoms with Gasteiger partial charge in [0.15, 0.2) is 0 Å². The molecular weight excluding hydrogens is 246 g/mol. The summed E-state index contributed by atoms with van der Waals surface area (Å²) in [4.78, 5) is 2.60. The summed E-state index contributed by atoms with van der Waals surface area (Å²) >= 11 is 0. The maximum absolute atomic E-state index is 9.70. The van der Waals surface area contributed by atoms with Crippen LogP contribution in [0.3, 0.4) is 0 Å². The Hall–Kier alpha value is -1.37. The van der Waals surface area contributed by atoms with Crippen LogP contribution in [0.1, 0.15) is 31.2 Å². The minimum absolute atomic E-state index is 0.552. The molecule has 1 N–H and O–H groups in total. The molecule has 1 saturated heterocycles. The molecule has 1 aliphatic carbocycles. The summed E-state index contributed by atoms with van der Waals surface area (Å²) in [5.41, 5.74) is 0.526. The summed E-state index contributed by atoms with van der Waals surface area (Å²) in [5.74, 6) is 0.919. The molecule has 3 unspecified atom stereocenters. The first-order valence-electron chi connectivity index (χ1n) is 7.67. The second-order valence-electron chi connectivity index (χ2n) is 6.21. The molecule has 106 valence electrons. The van der Waals surface area contributed by atoms with Crippen LogP contribution in [-0.2, 0) is 5.54 Å². The Morgan fingerprint density at radius 2 is 2.15 bits per heavy atom. The lowest BCUT2D eigenvalue weighted by molar-refractivity contribution is 0.194. The van der Waals surface area contributed by atoms with Gasteiger partial charge in [-0.3, -0.25) is 10.2 Å². The van der Waals surface area contributed by atoms with Crippen LogP contribution < -0.4 is 5.32 Å². The number of fused-ring (bicyclic) bond motifs is 2. The highest BCUT2D eigenvalue weighted by molar-refractivity contribution is 5.31. The van der Waals surface area contributed by atoms with Crippen LogP contribution in [-0.4, -0.2) is 31.1 Å². The second kappa shape index (κ2) is 5.55. The molecule has 0 radical (unpaired) electrons. The number of rotatable bonds is 5. The topological polar surface area (TPSA) is 39.1 Å². The van der Waals surface area contributed by atoms with E-state index in [1.54, 1.807) is 0 Å². The summed E-state index contributed by atoms with van der Waals surface area (Å²) < 4.78 is 0. The van der Waals surface area contributed by atoms with E-state index in [0.29, 0.717) is 0 Å². The molecule has 0 aromatic heterocycles. The van der Waals surface area contributed by atoms with E-state index in [1.807, 2.05) is 25.2 Å². The Labute approximate surface area is 121 Å². The van der Waals surface area contributed by atoms with E-state index in [-0.39, 0.29) is 0 Å². The number of likely N-dealkylation sites (tertiary alicyclic amines) is 1. The Kier molecular flexibility index (Phi) is 3.78. The first-order valence-corrected chi connectivity index (χ1v) is 7.67. The number of hydrogen-bond donors (Lipinski definition) is 1. The van der Waals surface area contributed by atoms with Crippen molar-refractivity contribution in [3.05, 3.63) is 35.9 Å². The standard InChI is InChI=1S/C17H23N3/c1-19-17(13-18,15-5-3-2-4-6-15)9-10-20-12-14-7-8-16(20)11-14/h2-6,14,16,19H,7-12H2,1H3. The van der Waals surface area contributed by atoms with Crippen LogP contribution in [0, 0.1) is 17.2 Å². The van der Waals surface area contributed by atoms with Crippen molar-refractivity contribution in [1.82, 2.24) is 10.2 Å². The van der Waals surface area contributed by atoms with Crippen LogP contribution in [0.25, 0.3) is 0 Å². The fraction of sp³-hybridized carbons (Fsp3) is 0.588. The van der Waals surface area contributed by atoms with Crippen molar-refractivity contribution in [2.75, 3.05) is 20.1 Å². The molecule has 3 atom stereocenters. The molecule has 3 rings (SSSR count). The summed E-state index contributed by atoms with van der Waals surface area (Å²) in [5, 5.41) is 13.0. The number of piperidine rings is 1. The minimum atomic E-state index is -0.552. The van der Waals surface area contributed by atoms with Crippen LogP contribution in [0.5, 0.6) is 0 Å². The van der Waals surface area contributed by atoms with Crippen molar-refractivity contribution in [3.63, 3.8) is 0 Å². The molecule has 1 aromatic rings. The summed E-state index contributed by atoms with van der Waals surface area (Å²) in [6.07, 6.45) is 5.00. The van der Waals surface area contributed by atoms with Crippen molar-refractivity contribution in [3.8, 4) is 6.07 Å². The fourth-order valence-corrected chi connectivity index (χ4v) is 3.92. The van der Waals surface area contributed by atoms with Gasteiger partial charge in [-0.2, -0.15) is 5.26 Å². The normalized spacial score (nSPS) is 28.2. The van der Waals surface area contributed by atoms with E-state index in [2.05, 4.69) is 28.4 Å². The van der Waals surface area contributed by atoms with E-state index in [9.17, 15) is 5.26 Å². The molecule has 1 saturated carbocycles. The van der Waals surface area contributed by atoms with Gasteiger partial charge in [-0.15, -0.1) is 0 Å². The molecule has 1 aliphatic heterocycles. The fourth-order valence-electron chi connectivity index (χ4n) is 3.92. The molecule has 2 aliphatic rings. The van der Waals surface area contributed by atoms with E-state index in [0.717, 1.165) is 30.5 Å². The van der Waals surface area contributed by atoms with Gasteiger partial charge in [0, 0.05) is 19.1 Å². The summed E-state index contributed by atoms with van der Waals surface area (Å²) in [7, 11) is 1.90. The quantitative estimate of drug-likeness (QED) is 0.892. The largest absolute Gasteiger partial charge is 0.300 e. The zero-order chi connectivity index (χ0) is 14.0. The van der Waals surface area contributed by atoms with Crippen molar-refractivity contribution in [2.24, 2.45) is 5.92 Å². The molecule has 0 spiro atoms. The van der Waals surface area contributed by atoms with Gasteiger partial charge in [0.05, 0.1) is 6.07 Å². The number of nitrogens with zero attached hydrogens (tertiary/aromatic N) is 2. The zero-order valence-electron chi connectivity index (χ0n) is 12.2. The van der Waals surface area contributed by atoms with Gasteiger partial charge in [-0.1, -0.05) is 30.3 Å². The summed E-state index contributed by atoms with van der Waals surface area (Å²) in [6.45, 7) is 2.26. The smallest absolute Gasteiger partial charge is 0.133 e. The second-order valence-corrected chi connectivity index (χ2v) is 6.21. The first-order chi connectivity index (χ1) is 9.77. The average molecular weight is 269 g/mol. The van der Waals surface area contributed by atoms with Crippen LogP contribution in [0.15, 0.2) is 30.3 Å². The van der Waals surface area contributed by atoms with Gasteiger partial charge in [0.1, 0.15) is 5.54 Å². The Bertz CT molecular complexity index is 493. The number of nitriles is 1. The van der Waals surface area contributed by atoms with E-state index < -0.39 is 5.54 Å². The van der Waals surface area contributed by atoms with Crippen LogP contribution in [0.4, 0.5) is 0 Å². The van der Waals surface area contributed by atoms with Crippen molar-refractivity contribution >= 4 is 0 Å². The molecule has 2 bridgehead atoms. The number of benzene rings is 1. The Morgan fingerprint density at radius 3 is 2.70 bits per heavy atom. The molecule has 2 fully saturated rings. The molecule has 3 heteroatoms. The van der Waals surface area contributed by atoms with Gasteiger partial charge in [-0.05, 0) is 44.2 Å². The van der Waals surface area contributed by atoms with Gasteiger partial charge >= 0.3 is 0 Å². The molecule has 20 heavy (non-hydrogen) atoms. The molecule has 0 amide bonds. The molecular formula is C17H23N3. The lowest BCUT2D eigenvalue weighted by Gasteiger charge is -2.32. The third kappa shape index (κ3) is 2.34. The van der Waals surface area contributed by atoms with Crippen LogP contribution >= 0.6 is 0 Å². The van der Waals surface area contributed by atoms with E-state index in [4.69, 9.17) is 0 Å². The lowest BCUT2D eigenvalue weighted by Crippen LogP contribution is -2.43. The molecule has 1 heterocycles. The van der Waals surface area contributed by atoms with Gasteiger partial charge < -0.3 is 0 Å². The third-order valence-corrected chi connectivity index (χ3v) is 5.18. The average Bonchev–Trinajstić information content (AvgIpc) is 3.13. The highest BCUT2D eigenvalue weighted by Gasteiger charge is 2.39. The number of nitrogens with one attached hydrogen (secondary N) is 1. The SMILES string of the molecule is CNC(C#N)(CCN1CC2CCC1C2)c1ccccc1. The lowest BCUT2D eigenvalue weighted by atomic mass is 9.87. The first kappa shape index (κ1) is 13.6. The van der Waals surface area contributed by atoms with Crippen molar-refractivity contribution < 1.29 is 0 Å². The van der Waals surface area contributed by atoms with Gasteiger partial charge in [0.25, 0.3) is 0 Å². The predicted octanol–water partition coefficient (Wildman–Crippen LogP) is 2.50. The minimum Gasteiger partial charge on any atom is -0.300 e. The Morgan fingerprint density at radius 1 is 1.35 bits per heavy atom. The van der Waals surface area contributed by atoms with E-state index in [1.165, 1.54) is 25.8 Å². The Balaban J connectivity index is 1.70. The maximum atomic E-state index is 9.70. The molecule has 1 aromatic carbocycles. The number of hydrogen-bond acceptors (Lipinski definition) is 3. The highest BCUT2D eigenvalue weighted by Crippen LogP contribution is 2.38.